The van der Waals surface area contributed by atoms with E-state index >= 15 is 0 Å². The van der Waals surface area contributed by atoms with E-state index in [0.29, 0.717) is 16.7 Å². The first-order chi connectivity index (χ1) is 13.0. The predicted molar refractivity (Wildman–Crippen MR) is 102 cm³/mol. The third-order valence-corrected chi connectivity index (χ3v) is 4.21. The summed E-state index contributed by atoms with van der Waals surface area (Å²) >= 11 is 0. The molecule has 0 aromatic heterocycles. The third kappa shape index (κ3) is 4.64. The number of carbonyl (C=O) groups excluding carboxylic acids is 1. The zero-order chi connectivity index (χ0) is 19.2. The second kappa shape index (κ2) is 8.36. The molecule has 0 fully saturated rings. The highest BCUT2D eigenvalue weighted by atomic mass is 19.1. The highest BCUT2D eigenvalue weighted by molar-refractivity contribution is 5.86. The molecule has 0 saturated heterocycles. The number of hydrogen-bond acceptors (Lipinski definition) is 2. The minimum Gasteiger partial charge on any atom is -0.272 e. The number of benzene rings is 3. The first-order valence-corrected chi connectivity index (χ1v) is 8.48. The van der Waals surface area contributed by atoms with Crippen molar-refractivity contribution in [2.24, 2.45) is 5.10 Å². The van der Waals surface area contributed by atoms with E-state index in [0.717, 1.165) is 5.56 Å². The van der Waals surface area contributed by atoms with E-state index in [4.69, 9.17) is 0 Å². The monoisotopic (exact) mass is 364 g/mol. The van der Waals surface area contributed by atoms with Gasteiger partial charge in [-0.05, 0) is 41.8 Å². The summed E-state index contributed by atoms with van der Waals surface area (Å²) in [6, 6.07) is 19.8. The van der Waals surface area contributed by atoms with Gasteiger partial charge in [0.2, 0.25) is 5.91 Å². The predicted octanol–water partition coefficient (Wildman–Crippen LogP) is 4.89. The fourth-order valence-corrected chi connectivity index (χ4v) is 2.66. The number of halogens is 2. The van der Waals surface area contributed by atoms with E-state index in [9.17, 15) is 13.6 Å². The average Bonchev–Trinajstić information content (AvgIpc) is 2.68. The van der Waals surface area contributed by atoms with Crippen LogP contribution in [0.4, 0.5) is 8.78 Å². The number of nitrogens with zero attached hydrogens (tertiary/aromatic N) is 1. The van der Waals surface area contributed by atoms with Crippen LogP contribution >= 0.6 is 0 Å². The van der Waals surface area contributed by atoms with Crippen molar-refractivity contribution < 1.29 is 13.6 Å². The van der Waals surface area contributed by atoms with Crippen LogP contribution in [0.15, 0.2) is 77.9 Å². The van der Waals surface area contributed by atoms with Gasteiger partial charge in [-0.3, -0.25) is 4.79 Å². The van der Waals surface area contributed by atoms with Crippen molar-refractivity contribution in [1.82, 2.24) is 5.43 Å². The molecule has 0 saturated carbocycles. The molecule has 0 heterocycles. The minimum absolute atomic E-state index is 0.380. The van der Waals surface area contributed by atoms with Crippen molar-refractivity contribution in [1.29, 1.82) is 0 Å². The first-order valence-electron chi connectivity index (χ1n) is 8.48. The van der Waals surface area contributed by atoms with Crippen molar-refractivity contribution in [2.75, 3.05) is 0 Å². The Morgan fingerprint density at radius 2 is 1.78 bits per heavy atom. The third-order valence-electron chi connectivity index (χ3n) is 4.21. The lowest BCUT2D eigenvalue weighted by molar-refractivity contribution is -0.122. The van der Waals surface area contributed by atoms with Gasteiger partial charge in [-0.1, -0.05) is 54.6 Å². The van der Waals surface area contributed by atoms with E-state index in [1.807, 2.05) is 30.3 Å². The number of hydrazone groups is 1. The molecule has 27 heavy (non-hydrogen) atoms. The number of hydrogen-bond donors (Lipinski definition) is 1. The van der Waals surface area contributed by atoms with E-state index in [-0.39, 0.29) is 17.5 Å². The summed E-state index contributed by atoms with van der Waals surface area (Å²) in [4.78, 5) is 12.2. The second-order valence-corrected chi connectivity index (χ2v) is 6.12. The van der Waals surface area contributed by atoms with Crippen LogP contribution in [0.25, 0.3) is 11.1 Å². The Balaban J connectivity index is 1.69. The summed E-state index contributed by atoms with van der Waals surface area (Å²) in [7, 11) is 0. The molecule has 3 rings (SSSR count). The lowest BCUT2D eigenvalue weighted by Gasteiger charge is -2.12. The largest absolute Gasteiger partial charge is 0.272 e. The molecule has 1 atom stereocenters. The molecule has 3 aromatic carbocycles. The van der Waals surface area contributed by atoms with E-state index in [2.05, 4.69) is 10.5 Å². The fraction of sp³-hybridized carbons (Fsp3) is 0.0909. The molecule has 1 N–H and O–H groups in total. The van der Waals surface area contributed by atoms with Crippen molar-refractivity contribution in [2.45, 2.75) is 12.8 Å². The van der Waals surface area contributed by atoms with Gasteiger partial charge in [-0.15, -0.1) is 0 Å². The van der Waals surface area contributed by atoms with Gasteiger partial charge in [0.25, 0.3) is 0 Å². The highest BCUT2D eigenvalue weighted by Crippen LogP contribution is 2.26. The van der Waals surface area contributed by atoms with Crippen LogP contribution in [0.5, 0.6) is 0 Å². The van der Waals surface area contributed by atoms with Crippen LogP contribution in [0.3, 0.4) is 0 Å². The summed E-state index contributed by atoms with van der Waals surface area (Å²) in [5.74, 6) is -1.74. The Kier molecular flexibility index (Phi) is 5.71. The molecule has 5 heteroatoms. The molecule has 1 unspecified atom stereocenters. The van der Waals surface area contributed by atoms with Crippen LogP contribution in [-0.2, 0) is 4.79 Å². The topological polar surface area (TPSA) is 41.5 Å². The lowest BCUT2D eigenvalue weighted by atomic mass is 9.96. The Labute approximate surface area is 156 Å². The van der Waals surface area contributed by atoms with Gasteiger partial charge < -0.3 is 0 Å². The van der Waals surface area contributed by atoms with Crippen molar-refractivity contribution in [3.63, 3.8) is 0 Å². The Bertz CT molecular complexity index is 971. The number of carbonyl (C=O) groups is 1. The molecule has 3 nitrogen and oxygen atoms in total. The minimum atomic E-state index is -0.589. The first kappa shape index (κ1) is 18.5. The van der Waals surface area contributed by atoms with E-state index < -0.39 is 5.92 Å². The van der Waals surface area contributed by atoms with Crippen LogP contribution in [0, 0.1) is 11.6 Å². The molecule has 0 radical (unpaired) electrons. The Hall–Kier alpha value is -3.34. The van der Waals surface area contributed by atoms with Crippen LogP contribution in [-0.4, -0.2) is 12.1 Å². The lowest BCUT2D eigenvalue weighted by Crippen LogP contribution is -2.23. The van der Waals surface area contributed by atoms with Gasteiger partial charge in [0, 0.05) is 5.56 Å². The summed E-state index contributed by atoms with van der Waals surface area (Å²) in [6.07, 6.45) is 1.35. The Morgan fingerprint density at radius 1 is 1.00 bits per heavy atom. The molecular formula is C22H18F2N2O. The molecular weight excluding hydrogens is 346 g/mol. The van der Waals surface area contributed by atoms with Crippen molar-refractivity contribution in [3.8, 4) is 11.1 Å². The molecule has 0 aliphatic carbocycles. The zero-order valence-corrected chi connectivity index (χ0v) is 14.7. The highest BCUT2D eigenvalue weighted by Gasteiger charge is 2.16. The molecule has 0 aliphatic rings. The zero-order valence-electron chi connectivity index (χ0n) is 14.7. The standard InChI is InChI=1S/C22H18F2N2O/c1-15(22(27)26-25-14-16-6-5-9-19(23)12-16)18-10-11-20(21(24)13-18)17-7-3-2-4-8-17/h2-15H,1H3,(H,26,27)/b25-14+. The van der Waals surface area contributed by atoms with Crippen LogP contribution in [0.1, 0.15) is 24.0 Å². The smallest absolute Gasteiger partial charge is 0.247 e. The molecule has 0 bridgehead atoms. The molecule has 0 spiro atoms. The number of rotatable bonds is 5. The van der Waals surface area contributed by atoms with E-state index in [1.165, 1.54) is 24.4 Å². The van der Waals surface area contributed by atoms with Crippen LogP contribution < -0.4 is 5.43 Å². The Morgan fingerprint density at radius 3 is 2.48 bits per heavy atom. The number of amides is 1. The van der Waals surface area contributed by atoms with Gasteiger partial charge in [-0.25, -0.2) is 14.2 Å². The molecule has 0 aliphatic heterocycles. The van der Waals surface area contributed by atoms with Gasteiger partial charge in [0.15, 0.2) is 0 Å². The van der Waals surface area contributed by atoms with Gasteiger partial charge in [0.05, 0.1) is 12.1 Å². The molecule has 3 aromatic rings. The summed E-state index contributed by atoms with van der Waals surface area (Å²) in [5, 5.41) is 3.83. The number of nitrogens with one attached hydrogen (secondary N) is 1. The van der Waals surface area contributed by atoms with E-state index in [1.54, 1.807) is 31.2 Å². The van der Waals surface area contributed by atoms with Gasteiger partial charge >= 0.3 is 0 Å². The maximum Gasteiger partial charge on any atom is 0.247 e. The molecule has 1 amide bonds. The van der Waals surface area contributed by atoms with Gasteiger partial charge in [0.1, 0.15) is 11.6 Å². The quantitative estimate of drug-likeness (QED) is 0.508. The summed E-state index contributed by atoms with van der Waals surface area (Å²) in [6.45, 7) is 1.67. The van der Waals surface area contributed by atoms with Gasteiger partial charge in [-0.2, -0.15) is 5.10 Å². The molecule has 136 valence electrons. The normalized spacial score (nSPS) is 12.1. The fourth-order valence-electron chi connectivity index (χ4n) is 2.66. The van der Waals surface area contributed by atoms with Crippen molar-refractivity contribution >= 4 is 12.1 Å². The van der Waals surface area contributed by atoms with Crippen LogP contribution in [0.2, 0.25) is 0 Å². The van der Waals surface area contributed by atoms with Crippen molar-refractivity contribution in [3.05, 3.63) is 95.6 Å². The maximum absolute atomic E-state index is 14.5. The second-order valence-electron chi connectivity index (χ2n) is 6.12. The summed E-state index contributed by atoms with van der Waals surface area (Å²) in [5.41, 5.74) is 4.73. The average molecular weight is 364 g/mol. The summed E-state index contributed by atoms with van der Waals surface area (Å²) < 4.78 is 27.6. The SMILES string of the molecule is CC(C(=O)N/N=C/c1cccc(F)c1)c1ccc(-c2ccccc2)c(F)c1. The maximum atomic E-state index is 14.5.